The third-order valence-corrected chi connectivity index (χ3v) is 5.08. The Labute approximate surface area is 177 Å². The molecule has 2 aromatic rings. The van der Waals surface area contributed by atoms with Crippen LogP contribution in [0.25, 0.3) is 0 Å². The molecule has 0 saturated carbocycles. The number of ether oxygens (including phenoxy) is 2. The Bertz CT molecular complexity index is 769. The van der Waals surface area contributed by atoms with Crippen LogP contribution in [-0.2, 0) is 6.42 Å². The van der Waals surface area contributed by atoms with Crippen molar-refractivity contribution in [1.29, 1.82) is 0 Å². The number of hydrogen-bond donors (Lipinski definition) is 0. The summed E-state index contributed by atoms with van der Waals surface area (Å²) in [7, 11) is 0. The van der Waals surface area contributed by atoms with Gasteiger partial charge in [-0.05, 0) is 49.3 Å². The minimum atomic E-state index is 0.215. The van der Waals surface area contributed by atoms with Gasteiger partial charge in [-0.2, -0.15) is 0 Å². The maximum atomic E-state index is 6.13. The highest BCUT2D eigenvalue weighted by Gasteiger charge is 2.23. The highest BCUT2D eigenvalue weighted by Crippen LogP contribution is 2.20. The number of benzene rings is 2. The van der Waals surface area contributed by atoms with Gasteiger partial charge >= 0.3 is 0 Å². The van der Waals surface area contributed by atoms with Gasteiger partial charge in [-0.25, -0.2) is 0 Å². The lowest BCUT2D eigenvalue weighted by molar-refractivity contribution is 0.307. The van der Waals surface area contributed by atoms with Crippen LogP contribution in [-0.4, -0.2) is 19.9 Å². The van der Waals surface area contributed by atoms with Crippen LogP contribution in [0.2, 0.25) is 6.32 Å². The van der Waals surface area contributed by atoms with Crippen molar-refractivity contribution < 1.29 is 9.47 Å². The zero-order valence-corrected chi connectivity index (χ0v) is 18.2. The number of rotatable bonds is 14. The van der Waals surface area contributed by atoms with Crippen molar-refractivity contribution in [2.75, 3.05) is 13.2 Å². The van der Waals surface area contributed by atoms with Gasteiger partial charge in [-0.15, -0.1) is 13.2 Å². The van der Waals surface area contributed by atoms with Crippen molar-refractivity contribution in [3.05, 3.63) is 73.3 Å². The van der Waals surface area contributed by atoms with Crippen LogP contribution in [0.15, 0.2) is 67.8 Å². The van der Waals surface area contributed by atoms with E-state index < -0.39 is 0 Å². The van der Waals surface area contributed by atoms with Crippen LogP contribution in [0.3, 0.4) is 0 Å². The Balaban J connectivity index is 2.38. The lowest BCUT2D eigenvalue weighted by Crippen LogP contribution is -2.43. The minimum Gasteiger partial charge on any atom is -0.494 e. The molecule has 0 heterocycles. The first-order valence-electron chi connectivity index (χ1n) is 10.9. The lowest BCUT2D eigenvalue weighted by atomic mass is 9.38. The molecule has 0 unspecified atom stereocenters. The fraction of sp³-hybridized carbons (Fsp3) is 0.385. The van der Waals surface area contributed by atoms with Gasteiger partial charge in [0.05, 0.1) is 13.2 Å². The molecule has 0 bridgehead atoms. The monoisotopic (exact) mass is 390 g/mol. The zero-order chi connectivity index (χ0) is 20.9. The fourth-order valence-electron chi connectivity index (χ4n) is 3.50. The normalized spacial score (nSPS) is 10.4. The maximum Gasteiger partial charge on any atom is 0.213 e. The predicted octanol–water partition coefficient (Wildman–Crippen LogP) is 5.57. The molecule has 0 aliphatic heterocycles. The predicted molar refractivity (Wildman–Crippen MR) is 128 cm³/mol. The van der Waals surface area contributed by atoms with E-state index in [-0.39, 0.29) is 6.71 Å². The molecule has 2 nitrogen and oxygen atoms in total. The Hall–Kier alpha value is -2.42. The molecule has 0 spiro atoms. The topological polar surface area (TPSA) is 18.5 Å². The first-order valence-corrected chi connectivity index (χ1v) is 10.9. The molecule has 0 amide bonds. The van der Waals surface area contributed by atoms with E-state index >= 15 is 0 Å². The first-order chi connectivity index (χ1) is 14.2. The first kappa shape index (κ1) is 22.9. The standard InChI is InChI=1S/C26H35BO2/c1-5-9-19-28-23-15-11-14-22(21-23)27(18-8-4)25-16-12-17-26(24(25)13-7-3)29-20-10-6-2/h7-8,11-12,14-17,21H,3-6,9-10,13,18-20H2,1-2H3. The molecule has 3 heteroatoms. The van der Waals surface area contributed by atoms with Crippen molar-refractivity contribution in [3.63, 3.8) is 0 Å². The SMILES string of the molecule is C=CCB(c1cccc(OCCCC)c1)c1cccc(OCCCC)c1CC=C. The third kappa shape index (κ3) is 6.85. The highest BCUT2D eigenvalue weighted by molar-refractivity contribution is 6.85. The minimum absolute atomic E-state index is 0.215. The van der Waals surface area contributed by atoms with E-state index in [0.717, 1.165) is 63.1 Å². The molecule has 0 aliphatic carbocycles. The van der Waals surface area contributed by atoms with E-state index in [0.29, 0.717) is 0 Å². The van der Waals surface area contributed by atoms with E-state index in [4.69, 9.17) is 9.47 Å². The summed E-state index contributed by atoms with van der Waals surface area (Å²) < 4.78 is 12.1. The summed E-state index contributed by atoms with van der Waals surface area (Å²) in [6.45, 7) is 14.1. The molecule has 0 atom stereocenters. The fourth-order valence-corrected chi connectivity index (χ4v) is 3.50. The van der Waals surface area contributed by atoms with Crippen LogP contribution in [0, 0.1) is 0 Å². The summed E-state index contributed by atoms with van der Waals surface area (Å²) in [5.74, 6) is 1.91. The van der Waals surface area contributed by atoms with Crippen molar-refractivity contribution in [2.45, 2.75) is 52.3 Å². The van der Waals surface area contributed by atoms with Gasteiger partial charge in [0, 0.05) is 0 Å². The molecule has 0 radical (unpaired) electrons. The second-order valence-corrected chi connectivity index (χ2v) is 7.37. The summed E-state index contributed by atoms with van der Waals surface area (Å²) in [5, 5.41) is 0. The van der Waals surface area contributed by atoms with Gasteiger partial charge in [0.1, 0.15) is 11.5 Å². The molecule has 154 valence electrons. The lowest BCUT2D eigenvalue weighted by Gasteiger charge is -2.20. The third-order valence-electron chi connectivity index (χ3n) is 5.08. The smallest absolute Gasteiger partial charge is 0.213 e. The zero-order valence-electron chi connectivity index (χ0n) is 18.2. The molecule has 0 fully saturated rings. The number of allylic oxidation sites excluding steroid dienone is 2. The van der Waals surface area contributed by atoms with Crippen LogP contribution in [0.4, 0.5) is 0 Å². The van der Waals surface area contributed by atoms with Crippen LogP contribution >= 0.6 is 0 Å². The summed E-state index contributed by atoms with van der Waals surface area (Å²) in [5.41, 5.74) is 3.75. The van der Waals surface area contributed by atoms with Crippen LogP contribution < -0.4 is 20.4 Å². The van der Waals surface area contributed by atoms with Gasteiger partial charge in [0.2, 0.25) is 6.71 Å². The van der Waals surface area contributed by atoms with Crippen LogP contribution in [0.5, 0.6) is 11.5 Å². The van der Waals surface area contributed by atoms with E-state index in [2.05, 4.69) is 63.4 Å². The van der Waals surface area contributed by atoms with Crippen molar-refractivity contribution in [3.8, 4) is 11.5 Å². The maximum absolute atomic E-state index is 6.13. The summed E-state index contributed by atoms with van der Waals surface area (Å²) in [4.78, 5) is 0. The highest BCUT2D eigenvalue weighted by atomic mass is 16.5. The quantitative estimate of drug-likeness (QED) is 0.239. The van der Waals surface area contributed by atoms with Gasteiger partial charge in [0.25, 0.3) is 0 Å². The molecule has 0 aliphatic rings. The molecule has 2 rings (SSSR count). The Morgan fingerprint density at radius 3 is 2.31 bits per heavy atom. The summed E-state index contributed by atoms with van der Waals surface area (Å²) in [6.07, 6.45) is 10.00. The number of unbranched alkanes of at least 4 members (excludes halogenated alkanes) is 2. The Morgan fingerprint density at radius 1 is 0.897 bits per heavy atom. The largest absolute Gasteiger partial charge is 0.494 e. The average molecular weight is 390 g/mol. The molecular weight excluding hydrogens is 355 g/mol. The van der Waals surface area contributed by atoms with Gasteiger partial charge in [-0.3, -0.25) is 0 Å². The van der Waals surface area contributed by atoms with Crippen molar-refractivity contribution in [1.82, 2.24) is 0 Å². The van der Waals surface area contributed by atoms with Gasteiger partial charge in [0.15, 0.2) is 0 Å². The molecule has 0 saturated heterocycles. The second-order valence-electron chi connectivity index (χ2n) is 7.37. The van der Waals surface area contributed by atoms with Crippen molar-refractivity contribution in [2.24, 2.45) is 0 Å². The molecular formula is C26H35BO2. The molecule has 29 heavy (non-hydrogen) atoms. The Morgan fingerprint density at radius 2 is 1.62 bits per heavy atom. The summed E-state index contributed by atoms with van der Waals surface area (Å²) in [6, 6.07) is 14.9. The van der Waals surface area contributed by atoms with E-state index in [1.54, 1.807) is 0 Å². The van der Waals surface area contributed by atoms with E-state index in [9.17, 15) is 0 Å². The van der Waals surface area contributed by atoms with Gasteiger partial charge < -0.3 is 9.47 Å². The molecule has 0 aromatic heterocycles. The molecule has 0 N–H and O–H groups in total. The van der Waals surface area contributed by atoms with Gasteiger partial charge in [-0.1, -0.05) is 74.0 Å². The second kappa shape index (κ2) is 12.9. The number of hydrogen-bond acceptors (Lipinski definition) is 2. The Kier molecular flexibility index (Phi) is 10.2. The average Bonchev–Trinajstić information content (AvgIpc) is 2.74. The summed E-state index contributed by atoms with van der Waals surface area (Å²) >= 11 is 0. The molecule has 2 aromatic carbocycles. The van der Waals surface area contributed by atoms with Crippen LogP contribution in [0.1, 0.15) is 45.1 Å². The van der Waals surface area contributed by atoms with E-state index in [1.807, 2.05) is 18.2 Å². The van der Waals surface area contributed by atoms with E-state index in [1.165, 1.54) is 16.5 Å². The van der Waals surface area contributed by atoms with Crippen molar-refractivity contribution >= 4 is 17.6 Å².